The summed E-state index contributed by atoms with van der Waals surface area (Å²) in [5.41, 5.74) is 2.75. The highest BCUT2D eigenvalue weighted by Gasteiger charge is 2.15. The first-order valence-electron chi connectivity index (χ1n) is 10.4. The minimum Gasteiger partial charge on any atom is -0.497 e. The number of ether oxygens (including phenoxy) is 2. The van der Waals surface area contributed by atoms with E-state index in [0.29, 0.717) is 25.4 Å². The van der Waals surface area contributed by atoms with Crippen LogP contribution in [0.2, 0.25) is 0 Å². The van der Waals surface area contributed by atoms with Crippen molar-refractivity contribution in [3.63, 3.8) is 0 Å². The van der Waals surface area contributed by atoms with Crippen LogP contribution in [0.25, 0.3) is 0 Å². The molecule has 5 heteroatoms. The molecule has 0 aliphatic carbocycles. The molecule has 0 heterocycles. The fourth-order valence-corrected chi connectivity index (χ4v) is 3.12. The zero-order valence-electron chi connectivity index (χ0n) is 17.7. The monoisotopic (exact) mass is 430 g/mol. The lowest BCUT2D eigenvalue weighted by Crippen LogP contribution is -2.13. The van der Waals surface area contributed by atoms with Crippen molar-refractivity contribution in [3.05, 3.63) is 120 Å². The number of carbonyl (C=O) groups is 2. The van der Waals surface area contributed by atoms with Gasteiger partial charge in [0.2, 0.25) is 0 Å². The molecule has 5 nitrogen and oxygen atoms in total. The maximum absolute atomic E-state index is 12.7. The van der Waals surface area contributed by atoms with Gasteiger partial charge in [-0.25, -0.2) is 4.79 Å². The number of carbonyl (C=O) groups excluding carboxylic acids is 1. The van der Waals surface area contributed by atoms with E-state index in [-0.39, 0.29) is 23.7 Å². The Morgan fingerprint density at radius 1 is 0.781 bits per heavy atom. The van der Waals surface area contributed by atoms with Gasteiger partial charge in [-0.05, 0) is 29.3 Å². The minimum atomic E-state index is -1.02. The molecule has 0 saturated carbocycles. The summed E-state index contributed by atoms with van der Waals surface area (Å²) in [4.78, 5) is 23.8. The summed E-state index contributed by atoms with van der Waals surface area (Å²) in [6, 6.07) is 25.6. The van der Waals surface area contributed by atoms with Gasteiger partial charge < -0.3 is 14.6 Å². The van der Waals surface area contributed by atoms with Crippen LogP contribution in [0, 0.1) is 5.92 Å². The average molecular weight is 431 g/mol. The summed E-state index contributed by atoms with van der Waals surface area (Å²) in [6.45, 7) is 1.26. The highest BCUT2D eigenvalue weighted by molar-refractivity contribution is 5.97. The van der Waals surface area contributed by atoms with Crippen LogP contribution in [-0.2, 0) is 22.7 Å². The quantitative estimate of drug-likeness (QED) is 0.302. The van der Waals surface area contributed by atoms with Gasteiger partial charge in [0.15, 0.2) is 5.78 Å². The minimum absolute atomic E-state index is 0.0806. The molecule has 3 rings (SSSR count). The van der Waals surface area contributed by atoms with Crippen molar-refractivity contribution >= 4 is 11.8 Å². The van der Waals surface area contributed by atoms with Crippen molar-refractivity contribution in [3.8, 4) is 0 Å². The maximum Gasteiger partial charge on any atom is 0.335 e. The maximum atomic E-state index is 12.7. The smallest absolute Gasteiger partial charge is 0.335 e. The molecule has 0 bridgehead atoms. The molecule has 1 atom stereocenters. The Hall–Kier alpha value is -3.70. The van der Waals surface area contributed by atoms with Gasteiger partial charge in [-0.1, -0.05) is 72.8 Å². The summed E-state index contributed by atoms with van der Waals surface area (Å²) >= 11 is 0. The van der Waals surface area contributed by atoms with Gasteiger partial charge in [0.25, 0.3) is 0 Å². The van der Waals surface area contributed by atoms with E-state index in [1.54, 1.807) is 18.4 Å². The molecule has 0 amide bonds. The molecule has 0 aromatic heterocycles. The van der Waals surface area contributed by atoms with Crippen LogP contribution >= 0.6 is 0 Å². The molecule has 1 unspecified atom stereocenters. The number of aromatic carboxylic acids is 1. The topological polar surface area (TPSA) is 72.8 Å². The largest absolute Gasteiger partial charge is 0.497 e. The Bertz CT molecular complexity index is 1010. The van der Waals surface area contributed by atoms with Crippen LogP contribution < -0.4 is 0 Å². The Morgan fingerprint density at radius 3 is 1.94 bits per heavy atom. The molecule has 1 N–H and O–H groups in total. The summed E-state index contributed by atoms with van der Waals surface area (Å²) in [5, 5.41) is 9.03. The summed E-state index contributed by atoms with van der Waals surface area (Å²) < 4.78 is 11.5. The number of benzene rings is 3. The molecule has 0 aliphatic rings. The second-order valence-corrected chi connectivity index (χ2v) is 7.40. The number of hydrogen-bond acceptors (Lipinski definition) is 4. The van der Waals surface area contributed by atoms with Gasteiger partial charge in [0.05, 0.1) is 25.0 Å². The molecular formula is C27H26O5. The molecule has 0 aliphatic heterocycles. The average Bonchev–Trinajstić information content (AvgIpc) is 2.83. The summed E-state index contributed by atoms with van der Waals surface area (Å²) in [6.07, 6.45) is 3.69. The van der Waals surface area contributed by atoms with Crippen LogP contribution in [0.4, 0.5) is 0 Å². The van der Waals surface area contributed by atoms with Gasteiger partial charge in [-0.2, -0.15) is 0 Å². The first-order valence-corrected chi connectivity index (χ1v) is 10.4. The lowest BCUT2D eigenvalue weighted by Gasteiger charge is -2.13. The Morgan fingerprint density at radius 2 is 1.34 bits per heavy atom. The van der Waals surface area contributed by atoms with E-state index in [2.05, 4.69) is 0 Å². The number of carboxylic acid groups (broad SMARTS) is 1. The van der Waals surface area contributed by atoms with Gasteiger partial charge in [0, 0.05) is 17.9 Å². The number of hydrogen-bond donors (Lipinski definition) is 1. The molecule has 0 radical (unpaired) electrons. The second kappa shape index (κ2) is 12.2. The SMILES string of the molecule is O=C(O)c1ccc(C(=O)CC(/C=C\OCc2ccccc2)COCc2ccccc2)cc1. The van der Waals surface area contributed by atoms with E-state index in [1.165, 1.54) is 12.1 Å². The molecule has 3 aromatic carbocycles. The Labute approximate surface area is 187 Å². The van der Waals surface area contributed by atoms with Gasteiger partial charge in [-0.15, -0.1) is 0 Å². The predicted molar refractivity (Wildman–Crippen MR) is 122 cm³/mol. The molecule has 32 heavy (non-hydrogen) atoms. The third-order valence-corrected chi connectivity index (χ3v) is 4.88. The molecule has 164 valence electrons. The first kappa shape index (κ1) is 23.0. The van der Waals surface area contributed by atoms with E-state index >= 15 is 0 Å². The van der Waals surface area contributed by atoms with Gasteiger partial charge in [-0.3, -0.25) is 4.79 Å². The number of carboxylic acids is 1. The lowest BCUT2D eigenvalue weighted by molar-refractivity contribution is 0.0696. The zero-order chi connectivity index (χ0) is 22.6. The van der Waals surface area contributed by atoms with Crippen LogP contribution in [0.3, 0.4) is 0 Å². The lowest BCUT2D eigenvalue weighted by atomic mass is 9.98. The Kier molecular flexibility index (Phi) is 8.78. The van der Waals surface area contributed by atoms with E-state index in [4.69, 9.17) is 14.6 Å². The summed E-state index contributed by atoms with van der Waals surface area (Å²) in [7, 11) is 0. The van der Waals surface area contributed by atoms with Crippen LogP contribution in [0.15, 0.2) is 97.3 Å². The number of rotatable bonds is 12. The van der Waals surface area contributed by atoms with Crippen molar-refractivity contribution in [1.82, 2.24) is 0 Å². The highest BCUT2D eigenvalue weighted by Crippen LogP contribution is 2.15. The third kappa shape index (κ3) is 7.52. The van der Waals surface area contributed by atoms with Crippen molar-refractivity contribution < 1.29 is 24.2 Å². The Balaban J connectivity index is 1.59. The van der Waals surface area contributed by atoms with Crippen LogP contribution in [-0.4, -0.2) is 23.5 Å². The molecule has 0 fully saturated rings. The van der Waals surface area contributed by atoms with Crippen LogP contribution in [0.5, 0.6) is 0 Å². The van der Waals surface area contributed by atoms with E-state index in [9.17, 15) is 9.59 Å². The standard InChI is InChI=1S/C27H26O5/c28-26(24-11-13-25(14-12-24)27(29)30)17-23(20-32-19-22-9-5-2-6-10-22)15-16-31-18-21-7-3-1-4-8-21/h1-16,23H,17-20H2,(H,29,30)/b16-15-. The van der Waals surface area contributed by atoms with Crippen molar-refractivity contribution in [2.75, 3.05) is 6.61 Å². The fraction of sp³-hybridized carbons (Fsp3) is 0.185. The second-order valence-electron chi connectivity index (χ2n) is 7.40. The molecular weight excluding hydrogens is 404 g/mol. The summed E-state index contributed by atoms with van der Waals surface area (Å²) in [5.74, 6) is -1.28. The normalized spacial score (nSPS) is 11.9. The van der Waals surface area contributed by atoms with Crippen molar-refractivity contribution in [1.29, 1.82) is 0 Å². The van der Waals surface area contributed by atoms with E-state index in [1.807, 2.05) is 66.7 Å². The number of ketones is 1. The van der Waals surface area contributed by atoms with Gasteiger partial charge in [0.1, 0.15) is 6.61 Å². The zero-order valence-corrected chi connectivity index (χ0v) is 17.7. The molecule has 0 saturated heterocycles. The number of Topliss-reactive ketones (excluding diaryl/α,β-unsaturated/α-hetero) is 1. The highest BCUT2D eigenvalue weighted by atomic mass is 16.5. The molecule has 0 spiro atoms. The first-order chi connectivity index (χ1) is 15.6. The van der Waals surface area contributed by atoms with E-state index in [0.717, 1.165) is 11.1 Å². The predicted octanol–water partition coefficient (Wildman–Crippen LogP) is 5.52. The van der Waals surface area contributed by atoms with E-state index < -0.39 is 5.97 Å². The molecule has 3 aromatic rings. The van der Waals surface area contributed by atoms with Crippen molar-refractivity contribution in [2.45, 2.75) is 19.6 Å². The third-order valence-electron chi connectivity index (χ3n) is 4.88. The fourth-order valence-electron chi connectivity index (χ4n) is 3.12. The van der Waals surface area contributed by atoms with Crippen LogP contribution in [0.1, 0.15) is 38.3 Å². The van der Waals surface area contributed by atoms with Gasteiger partial charge >= 0.3 is 5.97 Å². The van der Waals surface area contributed by atoms with Crippen molar-refractivity contribution in [2.24, 2.45) is 5.92 Å².